The van der Waals surface area contributed by atoms with Gasteiger partial charge in [0.25, 0.3) is 0 Å². The highest BCUT2D eigenvalue weighted by atomic mass is 16.5. The average molecular weight is 140 g/mol. The second-order valence-electron chi connectivity index (χ2n) is 3.08. The minimum absolute atomic E-state index is 0.758. The number of methoxy groups -OCH3 is 1. The molecule has 0 aromatic rings. The van der Waals surface area contributed by atoms with E-state index < -0.39 is 0 Å². The molecule has 1 atom stereocenters. The molecule has 0 aromatic heterocycles. The van der Waals surface area contributed by atoms with Gasteiger partial charge in [-0.3, -0.25) is 0 Å². The van der Waals surface area contributed by atoms with Crippen molar-refractivity contribution in [2.75, 3.05) is 7.11 Å². The zero-order valence-corrected chi connectivity index (χ0v) is 6.89. The van der Waals surface area contributed by atoms with Crippen LogP contribution in [0, 0.1) is 5.92 Å². The Balaban J connectivity index is 2.47. The fourth-order valence-corrected chi connectivity index (χ4v) is 1.54. The Morgan fingerprint density at radius 1 is 1.50 bits per heavy atom. The van der Waals surface area contributed by atoms with Crippen LogP contribution in [0.1, 0.15) is 32.6 Å². The van der Waals surface area contributed by atoms with Crippen LogP contribution < -0.4 is 0 Å². The van der Waals surface area contributed by atoms with E-state index in [9.17, 15) is 0 Å². The summed E-state index contributed by atoms with van der Waals surface area (Å²) in [5.41, 5.74) is 1.49. The molecule has 1 aliphatic carbocycles. The minimum Gasteiger partial charge on any atom is -0.504 e. The maximum Gasteiger partial charge on any atom is 0.0819 e. The van der Waals surface area contributed by atoms with E-state index in [0.29, 0.717) is 0 Å². The molecule has 1 saturated carbocycles. The Morgan fingerprint density at radius 2 is 2.30 bits per heavy atom. The smallest absolute Gasteiger partial charge is 0.0819 e. The highest BCUT2D eigenvalue weighted by molar-refractivity contribution is 5.04. The van der Waals surface area contributed by atoms with Crippen LogP contribution >= 0.6 is 0 Å². The Bertz CT molecular complexity index is 127. The van der Waals surface area contributed by atoms with Crippen molar-refractivity contribution in [2.24, 2.45) is 5.92 Å². The summed E-state index contributed by atoms with van der Waals surface area (Å²) in [6, 6.07) is 0. The third-order valence-corrected chi connectivity index (χ3v) is 2.25. The molecule has 0 radical (unpaired) electrons. The largest absolute Gasteiger partial charge is 0.504 e. The molecule has 0 heterocycles. The third kappa shape index (κ3) is 1.76. The maximum atomic E-state index is 4.99. The van der Waals surface area contributed by atoms with E-state index in [0.717, 1.165) is 5.92 Å². The van der Waals surface area contributed by atoms with Gasteiger partial charge in [0.1, 0.15) is 0 Å². The van der Waals surface area contributed by atoms with E-state index in [1.807, 2.05) is 6.26 Å². The Labute approximate surface area is 63.1 Å². The second-order valence-corrected chi connectivity index (χ2v) is 3.08. The molecule has 1 nitrogen and oxygen atoms in total. The highest BCUT2D eigenvalue weighted by Crippen LogP contribution is 2.28. The van der Waals surface area contributed by atoms with Gasteiger partial charge in [-0.25, -0.2) is 0 Å². The highest BCUT2D eigenvalue weighted by Gasteiger charge is 2.13. The van der Waals surface area contributed by atoms with Gasteiger partial charge in [-0.05, 0) is 30.8 Å². The van der Waals surface area contributed by atoms with Gasteiger partial charge < -0.3 is 4.74 Å². The number of hydrogen-bond acceptors (Lipinski definition) is 1. The van der Waals surface area contributed by atoms with Crippen LogP contribution in [0.3, 0.4) is 0 Å². The van der Waals surface area contributed by atoms with Crippen molar-refractivity contribution in [2.45, 2.75) is 32.6 Å². The maximum absolute atomic E-state index is 4.99. The van der Waals surface area contributed by atoms with Crippen LogP contribution in [-0.2, 0) is 4.74 Å². The van der Waals surface area contributed by atoms with Crippen molar-refractivity contribution in [3.63, 3.8) is 0 Å². The summed E-state index contributed by atoms with van der Waals surface area (Å²) in [4.78, 5) is 0. The van der Waals surface area contributed by atoms with Gasteiger partial charge in [0.2, 0.25) is 0 Å². The summed E-state index contributed by atoms with van der Waals surface area (Å²) in [6.07, 6.45) is 7.25. The summed E-state index contributed by atoms with van der Waals surface area (Å²) >= 11 is 0. The molecular weight excluding hydrogens is 124 g/mol. The van der Waals surface area contributed by atoms with Crippen LogP contribution in [0.5, 0.6) is 0 Å². The van der Waals surface area contributed by atoms with E-state index in [1.165, 1.54) is 31.3 Å². The summed E-state index contributed by atoms with van der Waals surface area (Å²) in [6.45, 7) is 2.28. The first-order chi connectivity index (χ1) is 4.84. The van der Waals surface area contributed by atoms with Crippen molar-refractivity contribution < 1.29 is 4.74 Å². The zero-order chi connectivity index (χ0) is 7.40. The molecule has 0 spiro atoms. The molecule has 1 fully saturated rings. The molecule has 1 unspecified atom stereocenters. The lowest BCUT2D eigenvalue weighted by molar-refractivity contribution is 0.320. The number of rotatable bonds is 1. The number of ether oxygens (including phenoxy) is 1. The normalized spacial score (nSPS) is 30.6. The molecule has 1 aliphatic rings. The molecule has 10 heavy (non-hydrogen) atoms. The monoisotopic (exact) mass is 140 g/mol. The summed E-state index contributed by atoms with van der Waals surface area (Å²) in [7, 11) is 1.73. The fraction of sp³-hybridized carbons (Fsp3) is 0.778. The van der Waals surface area contributed by atoms with E-state index >= 15 is 0 Å². The first-order valence-electron chi connectivity index (χ1n) is 4.06. The molecule has 0 N–H and O–H groups in total. The third-order valence-electron chi connectivity index (χ3n) is 2.25. The van der Waals surface area contributed by atoms with E-state index in [2.05, 4.69) is 6.92 Å². The Hall–Kier alpha value is -0.460. The molecule has 1 rings (SSSR count). The summed E-state index contributed by atoms with van der Waals surface area (Å²) in [5, 5.41) is 0. The number of allylic oxidation sites excluding steroid dienone is 1. The molecule has 1 heteroatoms. The van der Waals surface area contributed by atoms with Gasteiger partial charge in [0.05, 0.1) is 13.4 Å². The lowest BCUT2D eigenvalue weighted by Gasteiger charge is -2.20. The van der Waals surface area contributed by atoms with Gasteiger partial charge in [-0.15, -0.1) is 0 Å². The molecular formula is C9H16O. The molecule has 0 amide bonds. The van der Waals surface area contributed by atoms with Crippen molar-refractivity contribution in [3.05, 3.63) is 11.8 Å². The lowest BCUT2D eigenvalue weighted by Crippen LogP contribution is -2.05. The minimum atomic E-state index is 0.758. The van der Waals surface area contributed by atoms with E-state index in [1.54, 1.807) is 7.11 Å². The molecule has 0 aromatic carbocycles. The van der Waals surface area contributed by atoms with Crippen molar-refractivity contribution in [1.29, 1.82) is 0 Å². The van der Waals surface area contributed by atoms with E-state index in [-0.39, 0.29) is 0 Å². The summed E-state index contributed by atoms with van der Waals surface area (Å²) in [5.74, 6) is 0.758. The average Bonchev–Trinajstić information content (AvgIpc) is 1.94. The first kappa shape index (κ1) is 7.64. The Kier molecular flexibility index (Phi) is 2.79. The van der Waals surface area contributed by atoms with E-state index in [4.69, 9.17) is 4.74 Å². The molecule has 58 valence electrons. The zero-order valence-electron chi connectivity index (χ0n) is 6.89. The number of hydrogen-bond donors (Lipinski definition) is 0. The van der Waals surface area contributed by atoms with Crippen LogP contribution in [0.15, 0.2) is 11.8 Å². The van der Waals surface area contributed by atoms with Gasteiger partial charge in [0.15, 0.2) is 0 Å². The van der Waals surface area contributed by atoms with Crippen LogP contribution in [0.2, 0.25) is 0 Å². The van der Waals surface area contributed by atoms with Crippen molar-refractivity contribution in [1.82, 2.24) is 0 Å². The van der Waals surface area contributed by atoms with Crippen LogP contribution in [-0.4, -0.2) is 7.11 Å². The van der Waals surface area contributed by atoms with Gasteiger partial charge in [-0.2, -0.15) is 0 Å². The Morgan fingerprint density at radius 3 is 2.90 bits per heavy atom. The van der Waals surface area contributed by atoms with Crippen LogP contribution in [0.4, 0.5) is 0 Å². The predicted octanol–water partition coefficient (Wildman–Crippen LogP) is 2.73. The molecule has 0 aliphatic heterocycles. The molecule has 0 bridgehead atoms. The predicted molar refractivity (Wildman–Crippen MR) is 42.7 cm³/mol. The fourth-order valence-electron chi connectivity index (χ4n) is 1.54. The van der Waals surface area contributed by atoms with Gasteiger partial charge >= 0.3 is 0 Å². The van der Waals surface area contributed by atoms with Gasteiger partial charge in [0, 0.05) is 0 Å². The van der Waals surface area contributed by atoms with Gasteiger partial charge in [-0.1, -0.05) is 13.3 Å². The van der Waals surface area contributed by atoms with Crippen molar-refractivity contribution >= 4 is 0 Å². The van der Waals surface area contributed by atoms with Crippen LogP contribution in [0.25, 0.3) is 0 Å². The summed E-state index contributed by atoms with van der Waals surface area (Å²) < 4.78 is 4.99. The lowest BCUT2D eigenvalue weighted by atomic mass is 9.86. The topological polar surface area (TPSA) is 9.23 Å². The van der Waals surface area contributed by atoms with Crippen molar-refractivity contribution in [3.8, 4) is 0 Å². The first-order valence-corrected chi connectivity index (χ1v) is 4.06. The molecule has 0 saturated heterocycles. The SMILES string of the molecule is COC=C1CCCCC1C. The quantitative estimate of drug-likeness (QED) is 0.509. The standard InChI is InChI=1S/C9H16O/c1-8-5-3-4-6-9(8)7-10-2/h7-8H,3-6H2,1-2H3. The second kappa shape index (κ2) is 3.65.